The van der Waals surface area contributed by atoms with E-state index in [0.717, 1.165) is 4.68 Å². The molecule has 0 unspecified atom stereocenters. The average Bonchev–Trinajstić information content (AvgIpc) is 2.57. The van der Waals surface area contributed by atoms with Gasteiger partial charge in [-0.05, 0) is 31.3 Å². The second-order valence-electron chi connectivity index (χ2n) is 4.43. The highest BCUT2D eigenvalue weighted by molar-refractivity contribution is 7.71. The van der Waals surface area contributed by atoms with Gasteiger partial charge in [0.1, 0.15) is 5.69 Å². The lowest BCUT2D eigenvalue weighted by atomic mass is 10.2. The van der Waals surface area contributed by atoms with Crippen molar-refractivity contribution in [1.82, 2.24) is 14.9 Å². The van der Waals surface area contributed by atoms with Crippen molar-refractivity contribution in [2.75, 3.05) is 21.3 Å². The number of aryl methyl sites for hydroxylation is 1. The normalized spacial score (nSPS) is 10.8. The molecule has 9 heteroatoms. The van der Waals surface area contributed by atoms with Crippen LogP contribution >= 0.6 is 12.2 Å². The number of methoxy groups -OCH3 is 3. The molecule has 1 aromatic heterocycles. The zero-order valence-corrected chi connectivity index (χ0v) is 13.9. The minimum atomic E-state index is -0.391. The second-order valence-corrected chi connectivity index (χ2v) is 4.82. The van der Waals surface area contributed by atoms with E-state index in [2.05, 4.69) is 15.3 Å². The van der Waals surface area contributed by atoms with Crippen molar-refractivity contribution in [1.29, 1.82) is 0 Å². The van der Waals surface area contributed by atoms with Crippen molar-refractivity contribution in [3.05, 3.63) is 38.5 Å². The minimum Gasteiger partial charge on any atom is -0.493 e. The van der Waals surface area contributed by atoms with Crippen LogP contribution in [0.5, 0.6) is 17.2 Å². The van der Waals surface area contributed by atoms with Crippen LogP contribution in [-0.4, -0.2) is 42.4 Å². The number of aromatic amines is 1. The van der Waals surface area contributed by atoms with Crippen LogP contribution < -0.4 is 19.8 Å². The summed E-state index contributed by atoms with van der Waals surface area (Å²) < 4.78 is 16.9. The topological polar surface area (TPSA) is 90.7 Å². The van der Waals surface area contributed by atoms with Gasteiger partial charge in [0.05, 0.1) is 27.5 Å². The van der Waals surface area contributed by atoms with Gasteiger partial charge < -0.3 is 14.2 Å². The fraction of sp³-hybridized carbons (Fsp3) is 0.286. The molecule has 0 aliphatic carbocycles. The summed E-state index contributed by atoms with van der Waals surface area (Å²) in [6.07, 6.45) is 1.47. The SMILES string of the molecule is COc1cc(C=Nn2c(=S)[nH]nc(C)c2=O)cc(OC)c1OC. The fourth-order valence-electron chi connectivity index (χ4n) is 1.88. The number of nitrogens with one attached hydrogen (secondary N) is 1. The van der Waals surface area contributed by atoms with E-state index < -0.39 is 5.56 Å². The van der Waals surface area contributed by atoms with Gasteiger partial charge in [0.2, 0.25) is 10.5 Å². The molecule has 0 aliphatic heterocycles. The monoisotopic (exact) mass is 336 g/mol. The standard InChI is InChI=1S/C14H16N4O4S/c1-8-13(19)18(14(23)17-16-8)15-7-9-5-10(20-2)12(22-4)11(6-9)21-3/h5-7H,1-4H3,(H,17,23). The third kappa shape index (κ3) is 3.39. The lowest BCUT2D eigenvalue weighted by molar-refractivity contribution is 0.324. The highest BCUT2D eigenvalue weighted by atomic mass is 32.1. The van der Waals surface area contributed by atoms with Gasteiger partial charge in [-0.2, -0.15) is 14.9 Å². The molecule has 2 aromatic rings. The summed E-state index contributed by atoms with van der Waals surface area (Å²) in [4.78, 5) is 12.0. The maximum atomic E-state index is 12.0. The Kier molecular flexibility index (Phi) is 5.12. The van der Waals surface area contributed by atoms with Crippen LogP contribution in [0.1, 0.15) is 11.3 Å². The highest BCUT2D eigenvalue weighted by Crippen LogP contribution is 2.37. The van der Waals surface area contributed by atoms with Crippen molar-refractivity contribution in [2.45, 2.75) is 6.92 Å². The number of nitrogens with zero attached hydrogens (tertiary/aromatic N) is 3. The lowest BCUT2D eigenvalue weighted by Gasteiger charge is -2.12. The summed E-state index contributed by atoms with van der Waals surface area (Å²) >= 11 is 5.01. The zero-order valence-electron chi connectivity index (χ0n) is 13.1. The van der Waals surface area contributed by atoms with Gasteiger partial charge >= 0.3 is 0 Å². The van der Waals surface area contributed by atoms with E-state index in [1.165, 1.54) is 27.5 Å². The predicted molar refractivity (Wildman–Crippen MR) is 87.5 cm³/mol. The lowest BCUT2D eigenvalue weighted by Crippen LogP contribution is -2.22. The van der Waals surface area contributed by atoms with Gasteiger partial charge in [-0.3, -0.25) is 9.89 Å². The van der Waals surface area contributed by atoms with Gasteiger partial charge in [0.25, 0.3) is 5.56 Å². The largest absolute Gasteiger partial charge is 0.493 e. The Hall–Kier alpha value is -2.68. The molecule has 1 aromatic carbocycles. The Bertz CT molecular complexity index is 832. The maximum absolute atomic E-state index is 12.0. The maximum Gasteiger partial charge on any atom is 0.296 e. The molecule has 0 saturated heterocycles. The van der Waals surface area contributed by atoms with Crippen LogP contribution in [0.15, 0.2) is 22.0 Å². The van der Waals surface area contributed by atoms with Crippen molar-refractivity contribution in [3.8, 4) is 17.2 Å². The zero-order chi connectivity index (χ0) is 17.0. The smallest absolute Gasteiger partial charge is 0.296 e. The van der Waals surface area contributed by atoms with E-state index in [4.69, 9.17) is 26.4 Å². The van der Waals surface area contributed by atoms with Gasteiger partial charge in [-0.15, -0.1) is 0 Å². The van der Waals surface area contributed by atoms with Crippen molar-refractivity contribution < 1.29 is 14.2 Å². The Morgan fingerprint density at radius 2 is 1.83 bits per heavy atom. The number of aromatic nitrogens is 3. The molecule has 0 aliphatic rings. The number of hydrogen-bond donors (Lipinski definition) is 1. The van der Waals surface area contributed by atoms with E-state index in [0.29, 0.717) is 22.8 Å². The Balaban J connectivity index is 2.51. The van der Waals surface area contributed by atoms with Gasteiger partial charge in [-0.1, -0.05) is 0 Å². The second kappa shape index (κ2) is 7.05. The first-order valence-corrected chi connectivity index (χ1v) is 6.95. The van der Waals surface area contributed by atoms with E-state index >= 15 is 0 Å². The Labute approximate surface area is 137 Å². The predicted octanol–water partition coefficient (Wildman–Crippen LogP) is 1.52. The molecule has 0 fully saturated rings. The molecule has 122 valence electrons. The van der Waals surface area contributed by atoms with Crippen LogP contribution in [0, 0.1) is 11.7 Å². The third-order valence-electron chi connectivity index (χ3n) is 3.02. The Morgan fingerprint density at radius 1 is 1.22 bits per heavy atom. The van der Waals surface area contributed by atoms with Gasteiger partial charge in [0.15, 0.2) is 11.5 Å². The number of H-pyrrole nitrogens is 1. The van der Waals surface area contributed by atoms with Crippen LogP contribution in [0.4, 0.5) is 0 Å². The molecule has 0 amide bonds. The molecule has 0 atom stereocenters. The first-order valence-electron chi connectivity index (χ1n) is 6.54. The molecular formula is C14H16N4O4S. The molecule has 0 saturated carbocycles. The number of benzene rings is 1. The van der Waals surface area contributed by atoms with E-state index in [-0.39, 0.29) is 10.5 Å². The summed E-state index contributed by atoms with van der Waals surface area (Å²) in [6.45, 7) is 1.57. The summed E-state index contributed by atoms with van der Waals surface area (Å²) in [7, 11) is 4.56. The first kappa shape index (κ1) is 16.7. The van der Waals surface area contributed by atoms with E-state index in [1.807, 2.05) is 0 Å². The molecule has 2 rings (SSSR count). The van der Waals surface area contributed by atoms with E-state index in [9.17, 15) is 4.79 Å². The quantitative estimate of drug-likeness (QED) is 0.657. The molecule has 1 N–H and O–H groups in total. The number of ether oxygens (including phenoxy) is 3. The van der Waals surface area contributed by atoms with Crippen molar-refractivity contribution in [2.24, 2.45) is 5.10 Å². The van der Waals surface area contributed by atoms with Crippen LogP contribution in [0.25, 0.3) is 0 Å². The van der Waals surface area contributed by atoms with Crippen LogP contribution in [0.3, 0.4) is 0 Å². The van der Waals surface area contributed by atoms with Gasteiger partial charge in [0, 0.05) is 5.56 Å². The summed E-state index contributed by atoms with van der Waals surface area (Å²) in [6, 6.07) is 3.41. The minimum absolute atomic E-state index is 0.101. The van der Waals surface area contributed by atoms with Crippen LogP contribution in [0.2, 0.25) is 0 Å². The fourth-order valence-corrected chi connectivity index (χ4v) is 2.05. The van der Waals surface area contributed by atoms with Crippen molar-refractivity contribution in [3.63, 3.8) is 0 Å². The third-order valence-corrected chi connectivity index (χ3v) is 3.29. The molecular weight excluding hydrogens is 320 g/mol. The average molecular weight is 336 g/mol. The van der Waals surface area contributed by atoms with Crippen LogP contribution in [-0.2, 0) is 0 Å². The highest BCUT2D eigenvalue weighted by Gasteiger charge is 2.12. The van der Waals surface area contributed by atoms with Gasteiger partial charge in [-0.25, -0.2) is 0 Å². The molecule has 23 heavy (non-hydrogen) atoms. The summed E-state index contributed by atoms with van der Waals surface area (Å²) in [5.74, 6) is 1.44. The van der Waals surface area contributed by atoms with Crippen molar-refractivity contribution >= 4 is 18.4 Å². The van der Waals surface area contributed by atoms with E-state index in [1.54, 1.807) is 19.1 Å². The molecule has 0 bridgehead atoms. The summed E-state index contributed by atoms with van der Waals surface area (Å²) in [5.41, 5.74) is 0.522. The molecule has 0 spiro atoms. The summed E-state index contributed by atoms with van der Waals surface area (Å²) in [5, 5.41) is 10.4. The Morgan fingerprint density at radius 3 is 2.35 bits per heavy atom. The first-order chi connectivity index (χ1) is 11.0. The number of rotatable bonds is 5. The molecule has 1 heterocycles. The number of hydrogen-bond acceptors (Lipinski definition) is 7. The molecule has 8 nitrogen and oxygen atoms in total. The molecule has 0 radical (unpaired) electrons.